The number of carbonyl (C=O) groups excluding carboxylic acids is 2. The van der Waals surface area contributed by atoms with Crippen molar-refractivity contribution >= 4 is 29.6 Å². The zero-order valence-corrected chi connectivity index (χ0v) is 20.8. The predicted octanol–water partition coefficient (Wildman–Crippen LogP) is 5.16. The number of halogens is 1. The van der Waals surface area contributed by atoms with Crippen LogP contribution in [0.15, 0.2) is 35.9 Å². The highest BCUT2D eigenvalue weighted by Gasteiger charge is 2.14. The van der Waals surface area contributed by atoms with Crippen LogP contribution < -0.4 is 19.5 Å². The zero-order valence-electron chi connectivity index (χ0n) is 20.0. The van der Waals surface area contributed by atoms with Crippen molar-refractivity contribution in [1.29, 1.82) is 5.26 Å². The Labute approximate surface area is 205 Å². The Hall–Kier alpha value is -3.50. The van der Waals surface area contributed by atoms with Crippen LogP contribution in [0.25, 0.3) is 6.08 Å². The maximum absolute atomic E-state index is 12.3. The van der Waals surface area contributed by atoms with E-state index in [1.807, 2.05) is 45.9 Å². The van der Waals surface area contributed by atoms with Crippen molar-refractivity contribution in [3.05, 3.63) is 57.6 Å². The summed E-state index contributed by atoms with van der Waals surface area (Å²) in [7, 11) is 1.45. The molecule has 2 aromatic carbocycles. The van der Waals surface area contributed by atoms with Gasteiger partial charge in [0.2, 0.25) is 0 Å². The number of benzene rings is 2. The molecule has 0 fully saturated rings. The molecule has 1 amide bonds. The highest BCUT2D eigenvalue weighted by atomic mass is 35.5. The Bertz CT molecular complexity index is 1100. The van der Waals surface area contributed by atoms with E-state index in [1.165, 1.54) is 13.2 Å². The normalized spacial score (nSPS) is 11.1. The summed E-state index contributed by atoms with van der Waals surface area (Å²) in [6, 6.07) is 10.3. The number of nitriles is 1. The molecule has 0 aromatic heterocycles. The van der Waals surface area contributed by atoms with Gasteiger partial charge in [-0.3, -0.25) is 9.59 Å². The van der Waals surface area contributed by atoms with E-state index in [0.29, 0.717) is 35.1 Å². The standard InChI is InChI=1S/C26H29ClN2O5/c1-16(2)29-26(31)20(15-28)13-19-8-9-22(23(14-19)32-5)34-24(30)7-6-10-33-21-11-17(3)25(27)18(4)12-21/h8-9,11-14,16H,6-7,10H2,1-5H3,(H,29,31)/b20-13+. The average molecular weight is 485 g/mol. The molecule has 0 radical (unpaired) electrons. The number of hydrogen-bond acceptors (Lipinski definition) is 6. The van der Waals surface area contributed by atoms with Gasteiger partial charge >= 0.3 is 5.97 Å². The molecule has 2 aromatic rings. The Morgan fingerprint density at radius 2 is 1.82 bits per heavy atom. The lowest BCUT2D eigenvalue weighted by Gasteiger charge is -2.11. The minimum Gasteiger partial charge on any atom is -0.494 e. The first-order valence-electron chi connectivity index (χ1n) is 10.9. The second-order valence-electron chi connectivity index (χ2n) is 8.01. The highest BCUT2D eigenvalue weighted by molar-refractivity contribution is 6.32. The van der Waals surface area contributed by atoms with Crippen molar-refractivity contribution in [1.82, 2.24) is 5.32 Å². The fourth-order valence-electron chi connectivity index (χ4n) is 3.08. The predicted molar refractivity (Wildman–Crippen MR) is 131 cm³/mol. The van der Waals surface area contributed by atoms with Crippen LogP contribution in [0.1, 0.15) is 43.4 Å². The summed E-state index contributed by atoms with van der Waals surface area (Å²) in [5, 5.41) is 12.7. The molecular formula is C26H29ClN2O5. The van der Waals surface area contributed by atoms with E-state index in [9.17, 15) is 14.9 Å². The van der Waals surface area contributed by atoms with Crippen LogP contribution in [0.3, 0.4) is 0 Å². The van der Waals surface area contributed by atoms with E-state index < -0.39 is 11.9 Å². The number of hydrogen-bond donors (Lipinski definition) is 1. The summed E-state index contributed by atoms with van der Waals surface area (Å²) < 4.78 is 16.5. The Kier molecular flexibility index (Phi) is 9.96. The highest BCUT2D eigenvalue weighted by Crippen LogP contribution is 2.30. The van der Waals surface area contributed by atoms with Gasteiger partial charge in [-0.05, 0) is 81.1 Å². The Balaban J connectivity index is 1.96. The van der Waals surface area contributed by atoms with Crippen molar-refractivity contribution in [3.8, 4) is 23.3 Å². The van der Waals surface area contributed by atoms with Gasteiger partial charge in [0, 0.05) is 17.5 Å². The molecule has 0 aliphatic rings. The second-order valence-corrected chi connectivity index (χ2v) is 8.38. The van der Waals surface area contributed by atoms with E-state index in [0.717, 1.165) is 11.1 Å². The van der Waals surface area contributed by atoms with Crippen LogP contribution in [0.2, 0.25) is 5.02 Å². The van der Waals surface area contributed by atoms with E-state index in [1.54, 1.807) is 18.2 Å². The van der Waals surface area contributed by atoms with E-state index in [2.05, 4.69) is 5.32 Å². The van der Waals surface area contributed by atoms with Gasteiger partial charge in [-0.2, -0.15) is 5.26 Å². The maximum atomic E-state index is 12.3. The lowest BCUT2D eigenvalue weighted by molar-refractivity contribution is -0.134. The molecule has 0 saturated heterocycles. The molecule has 0 aliphatic heterocycles. The zero-order chi connectivity index (χ0) is 25.3. The molecule has 0 spiro atoms. The summed E-state index contributed by atoms with van der Waals surface area (Å²) in [6.07, 6.45) is 2.08. The first kappa shape index (κ1) is 26.7. The number of nitrogens with zero attached hydrogens (tertiary/aromatic N) is 1. The molecule has 0 saturated carbocycles. The fraction of sp³-hybridized carbons (Fsp3) is 0.346. The SMILES string of the molecule is COc1cc(/C=C(\C#N)C(=O)NC(C)C)ccc1OC(=O)CCCOc1cc(C)c(Cl)c(C)c1. The smallest absolute Gasteiger partial charge is 0.311 e. The van der Waals surface area contributed by atoms with Crippen LogP contribution in [0, 0.1) is 25.2 Å². The maximum Gasteiger partial charge on any atom is 0.311 e. The van der Waals surface area contributed by atoms with E-state index >= 15 is 0 Å². The third-order valence-electron chi connectivity index (χ3n) is 4.71. The van der Waals surface area contributed by atoms with Gasteiger partial charge in [-0.1, -0.05) is 17.7 Å². The minimum absolute atomic E-state index is 0.0356. The van der Waals surface area contributed by atoms with Gasteiger partial charge < -0.3 is 19.5 Å². The molecule has 8 heteroatoms. The van der Waals surface area contributed by atoms with Crippen LogP contribution in [-0.4, -0.2) is 31.6 Å². The lowest BCUT2D eigenvalue weighted by Crippen LogP contribution is -2.30. The largest absolute Gasteiger partial charge is 0.494 e. The van der Waals surface area contributed by atoms with Crippen LogP contribution >= 0.6 is 11.6 Å². The minimum atomic E-state index is -0.460. The molecule has 2 rings (SSSR count). The number of amides is 1. The summed E-state index contributed by atoms with van der Waals surface area (Å²) in [5.41, 5.74) is 2.40. The third-order valence-corrected chi connectivity index (χ3v) is 5.31. The number of nitrogens with one attached hydrogen (secondary N) is 1. The molecular weight excluding hydrogens is 456 g/mol. The Morgan fingerprint density at radius 1 is 1.15 bits per heavy atom. The molecule has 0 atom stereocenters. The van der Waals surface area contributed by atoms with Crippen molar-refractivity contribution in [2.45, 2.75) is 46.6 Å². The molecule has 1 N–H and O–H groups in total. The monoisotopic (exact) mass is 484 g/mol. The number of esters is 1. The number of rotatable bonds is 10. The number of ether oxygens (including phenoxy) is 3. The van der Waals surface area contributed by atoms with Gasteiger partial charge in [0.05, 0.1) is 13.7 Å². The van der Waals surface area contributed by atoms with Crippen molar-refractivity contribution in [3.63, 3.8) is 0 Å². The van der Waals surface area contributed by atoms with E-state index in [4.69, 9.17) is 25.8 Å². The lowest BCUT2D eigenvalue weighted by atomic mass is 10.1. The summed E-state index contributed by atoms with van der Waals surface area (Å²) in [5.74, 6) is 0.379. The molecule has 7 nitrogen and oxygen atoms in total. The first-order valence-corrected chi connectivity index (χ1v) is 11.2. The average Bonchev–Trinajstić information content (AvgIpc) is 2.78. The summed E-state index contributed by atoms with van der Waals surface area (Å²) in [6.45, 7) is 7.80. The van der Waals surface area contributed by atoms with E-state index in [-0.39, 0.29) is 23.8 Å². The van der Waals surface area contributed by atoms with Crippen molar-refractivity contribution in [2.24, 2.45) is 0 Å². The van der Waals surface area contributed by atoms with Gasteiger partial charge in [-0.25, -0.2) is 0 Å². The number of methoxy groups -OCH3 is 1. The molecule has 34 heavy (non-hydrogen) atoms. The Morgan fingerprint density at radius 3 is 2.41 bits per heavy atom. The molecule has 0 bridgehead atoms. The summed E-state index contributed by atoms with van der Waals surface area (Å²) in [4.78, 5) is 24.4. The van der Waals surface area contributed by atoms with Gasteiger partial charge in [-0.15, -0.1) is 0 Å². The van der Waals surface area contributed by atoms with Crippen molar-refractivity contribution in [2.75, 3.05) is 13.7 Å². The van der Waals surface area contributed by atoms with Crippen LogP contribution in [0.5, 0.6) is 17.2 Å². The summed E-state index contributed by atoms with van der Waals surface area (Å²) >= 11 is 6.17. The number of aryl methyl sites for hydroxylation is 2. The van der Waals surface area contributed by atoms with Gasteiger partial charge in [0.25, 0.3) is 5.91 Å². The molecule has 0 heterocycles. The molecule has 0 aliphatic carbocycles. The fourth-order valence-corrected chi connectivity index (χ4v) is 3.19. The van der Waals surface area contributed by atoms with Crippen LogP contribution in [0.4, 0.5) is 0 Å². The van der Waals surface area contributed by atoms with Gasteiger partial charge in [0.1, 0.15) is 17.4 Å². The van der Waals surface area contributed by atoms with Crippen LogP contribution in [-0.2, 0) is 9.59 Å². The van der Waals surface area contributed by atoms with Gasteiger partial charge in [0.15, 0.2) is 11.5 Å². The third kappa shape index (κ3) is 7.82. The number of carbonyl (C=O) groups is 2. The molecule has 180 valence electrons. The molecule has 0 unspecified atom stereocenters. The van der Waals surface area contributed by atoms with Crippen molar-refractivity contribution < 1.29 is 23.8 Å². The second kappa shape index (κ2) is 12.7. The quantitative estimate of drug-likeness (QED) is 0.164. The first-order chi connectivity index (χ1) is 16.1. The topological polar surface area (TPSA) is 97.6 Å².